The number of nitrogens with one attached hydrogen (secondary N) is 2. The summed E-state index contributed by atoms with van der Waals surface area (Å²) in [6.07, 6.45) is 3.58. The summed E-state index contributed by atoms with van der Waals surface area (Å²) in [5.41, 5.74) is -0.0411. The van der Waals surface area contributed by atoms with Crippen molar-refractivity contribution in [2.45, 2.75) is 38.1 Å². The highest BCUT2D eigenvalue weighted by molar-refractivity contribution is 5.79. The van der Waals surface area contributed by atoms with Gasteiger partial charge >= 0.3 is 0 Å². The molecule has 0 saturated carbocycles. The zero-order chi connectivity index (χ0) is 18.0. The van der Waals surface area contributed by atoms with Gasteiger partial charge in [0.2, 0.25) is 11.8 Å². The average molecular weight is 347 g/mol. The maximum absolute atomic E-state index is 12.7. The summed E-state index contributed by atoms with van der Waals surface area (Å²) < 4.78 is 0. The van der Waals surface area contributed by atoms with Crippen LogP contribution in [0.2, 0.25) is 0 Å². The first-order valence-electron chi connectivity index (χ1n) is 8.70. The third kappa shape index (κ3) is 3.73. The summed E-state index contributed by atoms with van der Waals surface area (Å²) in [6.45, 7) is 4.33. The predicted molar refractivity (Wildman–Crippen MR) is 92.1 cm³/mol. The normalized spacial score (nSPS) is 24.9. The maximum Gasteiger partial charge on any atom is 0.254 e. The van der Waals surface area contributed by atoms with Crippen LogP contribution in [0.25, 0.3) is 0 Å². The minimum Gasteiger partial charge on any atom is -0.356 e. The Balaban J connectivity index is 1.73. The van der Waals surface area contributed by atoms with E-state index in [-0.39, 0.29) is 29.3 Å². The van der Waals surface area contributed by atoms with Gasteiger partial charge in [-0.3, -0.25) is 19.3 Å². The lowest BCUT2D eigenvalue weighted by Gasteiger charge is -2.49. The quantitative estimate of drug-likeness (QED) is 0.747. The van der Waals surface area contributed by atoms with Gasteiger partial charge in [0.25, 0.3) is 5.56 Å². The summed E-state index contributed by atoms with van der Waals surface area (Å²) in [7, 11) is 2.06. The zero-order valence-electron chi connectivity index (χ0n) is 14.8. The Hall–Kier alpha value is -2.22. The number of H-pyrrole nitrogens is 1. The lowest BCUT2D eigenvalue weighted by Crippen LogP contribution is -2.62. The second kappa shape index (κ2) is 6.95. The standard InChI is InChI=1S/C17H25N5O3/c1-12-19-10-13(16(25)20-12)9-15(24)22-8-7-21(2)17(11-22)4-3-14(23)18-6-5-17/h10H,3-9,11H2,1-2H3,(H,18,23)(H,19,20,25). The molecule has 1 unspecified atom stereocenters. The Morgan fingerprint density at radius 3 is 2.88 bits per heavy atom. The number of carbonyl (C=O) groups excluding carboxylic acids is 2. The minimum absolute atomic E-state index is 0.0551. The number of piperazine rings is 1. The van der Waals surface area contributed by atoms with Crippen molar-refractivity contribution < 1.29 is 9.59 Å². The van der Waals surface area contributed by atoms with Crippen molar-refractivity contribution in [3.63, 3.8) is 0 Å². The van der Waals surface area contributed by atoms with Gasteiger partial charge in [0.1, 0.15) is 5.82 Å². The molecule has 2 N–H and O–H groups in total. The van der Waals surface area contributed by atoms with E-state index in [0.717, 1.165) is 19.4 Å². The molecule has 1 spiro atoms. The molecule has 1 atom stereocenters. The van der Waals surface area contributed by atoms with Gasteiger partial charge < -0.3 is 15.2 Å². The molecule has 0 bridgehead atoms. The second-order valence-electron chi connectivity index (χ2n) is 7.06. The molecule has 3 heterocycles. The first-order chi connectivity index (χ1) is 11.9. The summed E-state index contributed by atoms with van der Waals surface area (Å²) in [5, 5.41) is 2.91. The van der Waals surface area contributed by atoms with Gasteiger partial charge in [-0.25, -0.2) is 4.98 Å². The molecular formula is C17H25N5O3. The van der Waals surface area contributed by atoms with E-state index in [2.05, 4.69) is 27.2 Å². The van der Waals surface area contributed by atoms with Crippen molar-refractivity contribution in [1.82, 2.24) is 25.1 Å². The highest BCUT2D eigenvalue weighted by Gasteiger charge is 2.42. The number of aryl methyl sites for hydroxylation is 1. The van der Waals surface area contributed by atoms with E-state index in [9.17, 15) is 14.4 Å². The van der Waals surface area contributed by atoms with E-state index in [1.807, 2.05) is 4.90 Å². The van der Waals surface area contributed by atoms with E-state index >= 15 is 0 Å². The minimum atomic E-state index is -0.256. The fraction of sp³-hybridized carbons (Fsp3) is 0.647. The van der Waals surface area contributed by atoms with Gasteiger partial charge in [0.05, 0.1) is 6.42 Å². The summed E-state index contributed by atoms with van der Waals surface area (Å²) in [5.74, 6) is 0.550. The van der Waals surface area contributed by atoms with Crippen molar-refractivity contribution in [2.75, 3.05) is 33.2 Å². The average Bonchev–Trinajstić information content (AvgIpc) is 2.75. The Morgan fingerprint density at radius 2 is 2.12 bits per heavy atom. The van der Waals surface area contributed by atoms with Crippen LogP contribution in [-0.2, 0) is 16.0 Å². The molecule has 136 valence electrons. The van der Waals surface area contributed by atoms with E-state index in [0.29, 0.717) is 37.4 Å². The van der Waals surface area contributed by atoms with Gasteiger partial charge in [-0.2, -0.15) is 0 Å². The summed E-state index contributed by atoms with van der Waals surface area (Å²) >= 11 is 0. The number of hydrogen-bond acceptors (Lipinski definition) is 5. The van der Waals surface area contributed by atoms with Crippen LogP contribution in [0.15, 0.2) is 11.0 Å². The largest absolute Gasteiger partial charge is 0.356 e. The number of nitrogens with zero attached hydrogens (tertiary/aromatic N) is 3. The highest BCUT2D eigenvalue weighted by atomic mass is 16.2. The number of amides is 2. The van der Waals surface area contributed by atoms with Gasteiger partial charge in [-0.15, -0.1) is 0 Å². The van der Waals surface area contributed by atoms with E-state index < -0.39 is 0 Å². The molecule has 1 aromatic heterocycles. The summed E-state index contributed by atoms with van der Waals surface area (Å²) in [6, 6.07) is 0. The number of likely N-dealkylation sites (N-methyl/N-ethyl adjacent to an activating group) is 1. The summed E-state index contributed by atoms with van der Waals surface area (Å²) in [4.78, 5) is 47.2. The smallest absolute Gasteiger partial charge is 0.254 e. The fourth-order valence-electron chi connectivity index (χ4n) is 3.72. The molecule has 2 fully saturated rings. The Bertz CT molecular complexity index is 731. The molecule has 2 amide bonds. The van der Waals surface area contributed by atoms with Crippen LogP contribution in [0.5, 0.6) is 0 Å². The van der Waals surface area contributed by atoms with Crippen LogP contribution < -0.4 is 10.9 Å². The van der Waals surface area contributed by atoms with E-state index in [1.165, 1.54) is 6.20 Å². The molecule has 3 rings (SSSR count). The topological polar surface area (TPSA) is 98.4 Å². The van der Waals surface area contributed by atoms with Crippen LogP contribution in [-0.4, -0.2) is 70.3 Å². The van der Waals surface area contributed by atoms with Gasteiger partial charge in [0.15, 0.2) is 0 Å². The maximum atomic E-state index is 12.7. The SMILES string of the molecule is Cc1ncc(CC(=O)N2CCN(C)C3(CCNC(=O)CC3)C2)c(=O)[nH]1. The molecule has 25 heavy (non-hydrogen) atoms. The van der Waals surface area contributed by atoms with Crippen molar-refractivity contribution in [3.05, 3.63) is 27.9 Å². The predicted octanol–water partition coefficient (Wildman–Crippen LogP) is -0.566. The number of aromatic amines is 1. The molecular weight excluding hydrogens is 322 g/mol. The van der Waals surface area contributed by atoms with Crippen molar-refractivity contribution in [2.24, 2.45) is 0 Å². The number of hydrogen-bond donors (Lipinski definition) is 2. The lowest BCUT2D eigenvalue weighted by molar-refractivity contribution is -0.136. The van der Waals surface area contributed by atoms with Crippen LogP contribution in [0.3, 0.4) is 0 Å². The lowest BCUT2D eigenvalue weighted by atomic mass is 9.86. The molecule has 8 nitrogen and oxygen atoms in total. The zero-order valence-corrected chi connectivity index (χ0v) is 14.8. The van der Waals surface area contributed by atoms with Crippen LogP contribution in [0.1, 0.15) is 30.7 Å². The Morgan fingerprint density at radius 1 is 1.32 bits per heavy atom. The fourth-order valence-corrected chi connectivity index (χ4v) is 3.72. The van der Waals surface area contributed by atoms with Crippen LogP contribution in [0.4, 0.5) is 0 Å². The van der Waals surface area contributed by atoms with E-state index in [1.54, 1.807) is 6.92 Å². The van der Waals surface area contributed by atoms with Crippen molar-refractivity contribution >= 4 is 11.8 Å². The number of rotatable bonds is 2. The second-order valence-corrected chi connectivity index (χ2v) is 7.06. The van der Waals surface area contributed by atoms with Crippen LogP contribution >= 0.6 is 0 Å². The van der Waals surface area contributed by atoms with Crippen molar-refractivity contribution in [1.29, 1.82) is 0 Å². The van der Waals surface area contributed by atoms with Gasteiger partial charge in [-0.1, -0.05) is 0 Å². The third-order valence-electron chi connectivity index (χ3n) is 5.42. The molecule has 2 aliphatic heterocycles. The Kier molecular flexibility index (Phi) is 4.89. The first kappa shape index (κ1) is 17.6. The van der Waals surface area contributed by atoms with Gasteiger partial charge in [-0.05, 0) is 26.8 Å². The molecule has 8 heteroatoms. The molecule has 0 aliphatic carbocycles. The molecule has 0 radical (unpaired) electrons. The van der Waals surface area contributed by atoms with E-state index in [4.69, 9.17) is 0 Å². The Labute approximate surface area is 146 Å². The van der Waals surface area contributed by atoms with Crippen LogP contribution in [0, 0.1) is 6.92 Å². The first-order valence-corrected chi connectivity index (χ1v) is 8.70. The van der Waals surface area contributed by atoms with Crippen molar-refractivity contribution in [3.8, 4) is 0 Å². The molecule has 0 aromatic carbocycles. The molecule has 2 aliphatic rings. The highest BCUT2D eigenvalue weighted by Crippen LogP contribution is 2.30. The molecule has 1 aromatic rings. The monoisotopic (exact) mass is 347 g/mol. The van der Waals surface area contributed by atoms with Gasteiger partial charge in [0, 0.05) is 49.9 Å². The number of carbonyl (C=O) groups is 2. The molecule has 2 saturated heterocycles. The number of aromatic nitrogens is 2. The third-order valence-corrected chi connectivity index (χ3v) is 5.42.